The van der Waals surface area contributed by atoms with Gasteiger partial charge < -0.3 is 4.90 Å². The predicted molar refractivity (Wildman–Crippen MR) is 118 cm³/mol. The van der Waals surface area contributed by atoms with E-state index in [1.54, 1.807) is 10.9 Å². The summed E-state index contributed by atoms with van der Waals surface area (Å²) in [5, 5.41) is 12.2. The lowest BCUT2D eigenvalue weighted by molar-refractivity contribution is -0.121. The molecule has 0 unspecified atom stereocenters. The zero-order chi connectivity index (χ0) is 20.5. The molecule has 0 saturated heterocycles. The van der Waals surface area contributed by atoms with Gasteiger partial charge in [-0.05, 0) is 29.8 Å². The van der Waals surface area contributed by atoms with Crippen LogP contribution < -0.4 is 10.3 Å². The number of amides is 1. The monoisotopic (exact) mass is 432 g/mol. The summed E-state index contributed by atoms with van der Waals surface area (Å²) < 4.78 is 1.71. The van der Waals surface area contributed by atoms with Gasteiger partial charge in [0.1, 0.15) is 5.52 Å². The Labute approximate surface area is 179 Å². The van der Waals surface area contributed by atoms with Crippen LogP contribution in [0.15, 0.2) is 53.6 Å². The van der Waals surface area contributed by atoms with Crippen LogP contribution in [0.3, 0.4) is 0 Å². The summed E-state index contributed by atoms with van der Waals surface area (Å²) in [5.41, 5.74) is 6.19. The molecule has 0 fully saturated rings. The molecule has 0 aliphatic rings. The fraction of sp³-hybridized carbons (Fsp3) is 0.300. The first-order valence-electron chi connectivity index (χ1n) is 9.28. The highest BCUT2D eigenvalue weighted by atomic mass is 35.5. The van der Waals surface area contributed by atoms with Crippen molar-refractivity contribution in [2.24, 2.45) is 5.10 Å². The van der Waals surface area contributed by atoms with Crippen molar-refractivity contribution in [3.05, 3.63) is 54.1 Å². The molecule has 1 N–H and O–H groups in total. The van der Waals surface area contributed by atoms with Crippen molar-refractivity contribution >= 4 is 52.0 Å². The minimum atomic E-state index is -0.187. The van der Waals surface area contributed by atoms with E-state index in [1.807, 2.05) is 48.5 Å². The average Bonchev–Trinajstić information content (AvgIpc) is 3.16. The number of anilines is 1. The number of para-hydroxylation sites is 1. The van der Waals surface area contributed by atoms with Gasteiger partial charge in [0.15, 0.2) is 0 Å². The third kappa shape index (κ3) is 5.92. The molecule has 9 heteroatoms. The minimum absolute atomic E-state index is 0.187. The number of hydrazone groups is 1. The number of benzene rings is 2. The molecule has 0 aliphatic heterocycles. The Morgan fingerprint density at radius 2 is 1.83 bits per heavy atom. The number of halogens is 2. The molecule has 0 bridgehead atoms. The molecule has 152 valence electrons. The number of hydrogen-bond donors (Lipinski definition) is 1. The van der Waals surface area contributed by atoms with Gasteiger partial charge in [0.2, 0.25) is 5.91 Å². The van der Waals surface area contributed by atoms with Crippen molar-refractivity contribution in [2.45, 2.75) is 13.0 Å². The number of alkyl halides is 2. The normalized spacial score (nSPS) is 11.2. The minimum Gasteiger partial charge on any atom is -0.369 e. The second kappa shape index (κ2) is 10.8. The molecule has 1 heterocycles. The average molecular weight is 433 g/mol. The Morgan fingerprint density at radius 1 is 1.10 bits per heavy atom. The number of hydrogen-bond acceptors (Lipinski definition) is 5. The molecule has 7 nitrogen and oxygen atoms in total. The molecule has 0 radical (unpaired) electrons. The first-order valence-corrected chi connectivity index (χ1v) is 10.3. The molecule has 3 rings (SSSR count). The standard InChI is InChI=1S/C20H22Cl2N6O/c21-10-13-27(14-11-22)17-7-5-16(6-8-17)15-23-25-20(29)9-12-28-19-4-2-1-3-18(19)24-26-28/h1-8,15H,9-14H2,(H,25,29). The molecular weight excluding hydrogens is 411 g/mol. The van der Waals surface area contributed by atoms with E-state index in [2.05, 4.69) is 25.7 Å². The lowest BCUT2D eigenvalue weighted by atomic mass is 10.2. The van der Waals surface area contributed by atoms with Gasteiger partial charge in [-0.25, -0.2) is 10.1 Å². The summed E-state index contributed by atoms with van der Waals surface area (Å²) in [6.45, 7) is 1.91. The fourth-order valence-corrected chi connectivity index (χ4v) is 3.28. The zero-order valence-electron chi connectivity index (χ0n) is 15.8. The van der Waals surface area contributed by atoms with Gasteiger partial charge in [0, 0.05) is 37.0 Å². The van der Waals surface area contributed by atoms with Crippen molar-refractivity contribution in [1.29, 1.82) is 0 Å². The smallest absolute Gasteiger partial charge is 0.241 e. The maximum absolute atomic E-state index is 12.0. The molecule has 0 saturated carbocycles. The Hall–Kier alpha value is -2.64. The Bertz CT molecular complexity index is 951. The Balaban J connectivity index is 1.49. The first-order chi connectivity index (χ1) is 14.2. The van der Waals surface area contributed by atoms with Crippen LogP contribution in [0, 0.1) is 0 Å². The predicted octanol–water partition coefficient (Wildman–Crippen LogP) is 3.26. The van der Waals surface area contributed by atoms with Gasteiger partial charge in [0.05, 0.1) is 18.3 Å². The zero-order valence-corrected chi connectivity index (χ0v) is 17.4. The summed E-state index contributed by atoms with van der Waals surface area (Å²) in [6, 6.07) is 15.5. The third-order valence-electron chi connectivity index (χ3n) is 4.34. The number of aromatic nitrogens is 3. The molecule has 0 atom stereocenters. The summed E-state index contributed by atoms with van der Waals surface area (Å²) in [4.78, 5) is 14.2. The summed E-state index contributed by atoms with van der Waals surface area (Å²) in [7, 11) is 0. The molecular formula is C20H22Cl2N6O. The highest BCUT2D eigenvalue weighted by Gasteiger charge is 2.07. The van der Waals surface area contributed by atoms with E-state index < -0.39 is 0 Å². The van der Waals surface area contributed by atoms with E-state index in [4.69, 9.17) is 23.2 Å². The second-order valence-electron chi connectivity index (χ2n) is 6.30. The lowest BCUT2D eigenvalue weighted by Crippen LogP contribution is -2.27. The van der Waals surface area contributed by atoms with Crippen LogP contribution in [0.1, 0.15) is 12.0 Å². The van der Waals surface area contributed by atoms with Gasteiger partial charge in [-0.3, -0.25) is 4.79 Å². The van der Waals surface area contributed by atoms with Crippen LogP contribution in [0.2, 0.25) is 0 Å². The van der Waals surface area contributed by atoms with Gasteiger partial charge in [0.25, 0.3) is 0 Å². The van der Waals surface area contributed by atoms with Crippen LogP contribution in [-0.2, 0) is 11.3 Å². The summed E-state index contributed by atoms with van der Waals surface area (Å²) >= 11 is 11.7. The number of carbonyl (C=O) groups excluding carboxylic acids is 1. The SMILES string of the molecule is O=C(CCn1nnc2ccccc21)NN=Cc1ccc(N(CCCl)CCCl)cc1. The molecule has 1 aromatic heterocycles. The van der Waals surface area contributed by atoms with E-state index >= 15 is 0 Å². The third-order valence-corrected chi connectivity index (χ3v) is 4.68. The van der Waals surface area contributed by atoms with Crippen LogP contribution in [-0.4, -0.2) is 52.0 Å². The van der Waals surface area contributed by atoms with E-state index in [9.17, 15) is 4.79 Å². The van der Waals surface area contributed by atoms with Crippen LogP contribution >= 0.6 is 23.2 Å². The molecule has 2 aromatic carbocycles. The number of aryl methyl sites for hydroxylation is 1. The quantitative estimate of drug-likeness (QED) is 0.303. The van der Waals surface area contributed by atoms with E-state index in [-0.39, 0.29) is 12.3 Å². The Kier molecular flexibility index (Phi) is 7.84. The van der Waals surface area contributed by atoms with E-state index in [0.717, 1.165) is 35.4 Å². The van der Waals surface area contributed by atoms with Crippen molar-refractivity contribution in [3.63, 3.8) is 0 Å². The summed E-state index contributed by atoms with van der Waals surface area (Å²) in [6.07, 6.45) is 1.87. The van der Waals surface area contributed by atoms with E-state index in [0.29, 0.717) is 18.3 Å². The highest BCUT2D eigenvalue weighted by molar-refractivity contribution is 6.18. The second-order valence-corrected chi connectivity index (χ2v) is 7.06. The molecule has 3 aromatic rings. The van der Waals surface area contributed by atoms with E-state index in [1.165, 1.54) is 0 Å². The number of rotatable bonds is 10. The van der Waals surface area contributed by atoms with Gasteiger partial charge in [-0.1, -0.05) is 29.5 Å². The van der Waals surface area contributed by atoms with Crippen molar-refractivity contribution in [1.82, 2.24) is 20.4 Å². The number of carbonyl (C=O) groups is 1. The van der Waals surface area contributed by atoms with Crippen LogP contribution in [0.4, 0.5) is 5.69 Å². The van der Waals surface area contributed by atoms with Crippen molar-refractivity contribution in [2.75, 3.05) is 29.7 Å². The molecule has 0 spiro atoms. The van der Waals surface area contributed by atoms with Crippen LogP contribution in [0.5, 0.6) is 0 Å². The maximum atomic E-state index is 12.0. The van der Waals surface area contributed by atoms with Gasteiger partial charge >= 0.3 is 0 Å². The first kappa shape index (κ1) is 21.1. The summed E-state index contributed by atoms with van der Waals surface area (Å²) in [5.74, 6) is 0.889. The Morgan fingerprint density at radius 3 is 2.55 bits per heavy atom. The fourth-order valence-electron chi connectivity index (χ4n) is 2.87. The lowest BCUT2D eigenvalue weighted by Gasteiger charge is -2.22. The molecule has 29 heavy (non-hydrogen) atoms. The number of nitrogens with one attached hydrogen (secondary N) is 1. The number of fused-ring (bicyclic) bond motifs is 1. The van der Waals surface area contributed by atoms with Crippen molar-refractivity contribution in [3.8, 4) is 0 Å². The molecule has 0 aliphatic carbocycles. The van der Waals surface area contributed by atoms with Crippen LogP contribution in [0.25, 0.3) is 11.0 Å². The van der Waals surface area contributed by atoms with Gasteiger partial charge in [-0.15, -0.1) is 28.3 Å². The van der Waals surface area contributed by atoms with Gasteiger partial charge in [-0.2, -0.15) is 5.10 Å². The van der Waals surface area contributed by atoms with Crippen molar-refractivity contribution < 1.29 is 4.79 Å². The molecule has 1 amide bonds. The number of nitrogens with zero attached hydrogens (tertiary/aromatic N) is 5. The maximum Gasteiger partial charge on any atom is 0.241 e. The largest absolute Gasteiger partial charge is 0.369 e. The highest BCUT2D eigenvalue weighted by Crippen LogP contribution is 2.15. The topological polar surface area (TPSA) is 75.4 Å².